The molecule has 1 fully saturated rings. The van der Waals surface area contributed by atoms with Gasteiger partial charge in [0.05, 0.1) is 6.54 Å². The van der Waals surface area contributed by atoms with E-state index in [-0.39, 0.29) is 11.3 Å². The average molecular weight is 373 g/mol. The zero-order chi connectivity index (χ0) is 17.8. The molecule has 1 atom stereocenters. The summed E-state index contributed by atoms with van der Waals surface area (Å²) in [5.41, 5.74) is 2.11. The molecule has 128 valence electrons. The fourth-order valence-corrected chi connectivity index (χ4v) is 4.54. The van der Waals surface area contributed by atoms with E-state index >= 15 is 0 Å². The van der Waals surface area contributed by atoms with Crippen LogP contribution in [0.3, 0.4) is 0 Å². The zero-order valence-electron chi connectivity index (χ0n) is 14.0. The number of hydrogen-bond donors (Lipinski definition) is 1. The van der Waals surface area contributed by atoms with Gasteiger partial charge in [0.25, 0.3) is 0 Å². The van der Waals surface area contributed by atoms with Crippen molar-refractivity contribution >= 4 is 40.9 Å². The topological polar surface area (TPSA) is 32.3 Å². The van der Waals surface area contributed by atoms with E-state index in [0.29, 0.717) is 16.6 Å². The highest BCUT2D eigenvalue weighted by molar-refractivity contribution is 6.37. The first-order valence-electron chi connectivity index (χ1n) is 8.18. The summed E-state index contributed by atoms with van der Waals surface area (Å²) in [7, 11) is 0. The fourth-order valence-electron chi connectivity index (χ4n) is 4.01. The van der Waals surface area contributed by atoms with Crippen molar-refractivity contribution in [3.8, 4) is 0 Å². The van der Waals surface area contributed by atoms with Gasteiger partial charge in [-0.3, -0.25) is 4.79 Å². The van der Waals surface area contributed by atoms with Crippen LogP contribution in [0.25, 0.3) is 6.08 Å². The van der Waals surface area contributed by atoms with Gasteiger partial charge in [-0.1, -0.05) is 67.4 Å². The summed E-state index contributed by atoms with van der Waals surface area (Å²) in [6, 6.07) is 13.7. The second kappa shape index (κ2) is 5.52. The predicted octanol–water partition coefficient (Wildman–Crippen LogP) is 4.63. The van der Waals surface area contributed by atoms with E-state index in [0.717, 1.165) is 11.3 Å². The maximum Gasteiger partial charge on any atom is 0.241 e. The Labute approximate surface area is 157 Å². The van der Waals surface area contributed by atoms with Crippen LogP contribution in [0.1, 0.15) is 25.0 Å². The molecule has 0 aromatic heterocycles. The van der Waals surface area contributed by atoms with Crippen molar-refractivity contribution in [1.29, 1.82) is 0 Å². The van der Waals surface area contributed by atoms with Crippen LogP contribution in [0.4, 0.5) is 5.69 Å². The number of nitrogens with one attached hydrogen (secondary N) is 1. The number of carbonyl (C=O) groups excluding carboxylic acids is 1. The normalized spacial score (nSPS) is 23.7. The molecular formula is C20H18Cl2N2O. The second-order valence-corrected chi connectivity index (χ2v) is 7.83. The second-order valence-electron chi connectivity index (χ2n) is 7.01. The third-order valence-electron chi connectivity index (χ3n) is 5.37. The Hall–Kier alpha value is -1.97. The Morgan fingerprint density at radius 2 is 1.76 bits per heavy atom. The number of benzene rings is 2. The van der Waals surface area contributed by atoms with Gasteiger partial charge in [-0.25, -0.2) is 0 Å². The number of rotatable bonds is 2. The third-order valence-corrected chi connectivity index (χ3v) is 6.03. The van der Waals surface area contributed by atoms with Gasteiger partial charge in [-0.15, -0.1) is 0 Å². The highest BCUT2D eigenvalue weighted by Crippen LogP contribution is 2.52. The van der Waals surface area contributed by atoms with Crippen LogP contribution in [0, 0.1) is 0 Å². The summed E-state index contributed by atoms with van der Waals surface area (Å²) in [5, 5.41) is 4.36. The number of anilines is 1. The van der Waals surface area contributed by atoms with Crippen LogP contribution in [-0.2, 0) is 10.2 Å². The van der Waals surface area contributed by atoms with E-state index in [1.165, 1.54) is 5.56 Å². The molecule has 2 aliphatic rings. The first-order valence-corrected chi connectivity index (χ1v) is 8.94. The molecule has 0 bridgehead atoms. The predicted molar refractivity (Wildman–Crippen MR) is 103 cm³/mol. The number of para-hydroxylation sites is 1. The lowest BCUT2D eigenvalue weighted by molar-refractivity contribution is -0.118. The Kier molecular flexibility index (Phi) is 3.64. The molecule has 2 aromatic carbocycles. The molecule has 0 aliphatic carbocycles. The maximum atomic E-state index is 12.3. The van der Waals surface area contributed by atoms with E-state index in [9.17, 15) is 4.79 Å². The Morgan fingerprint density at radius 1 is 1.08 bits per heavy atom. The number of carbonyl (C=O) groups is 1. The van der Waals surface area contributed by atoms with Crippen molar-refractivity contribution in [3.63, 3.8) is 0 Å². The number of amides is 1. The fraction of sp³-hybridized carbons (Fsp3) is 0.250. The van der Waals surface area contributed by atoms with E-state index < -0.39 is 5.66 Å². The minimum Gasteiger partial charge on any atom is -0.335 e. The van der Waals surface area contributed by atoms with Crippen LogP contribution in [0.15, 0.2) is 48.5 Å². The largest absolute Gasteiger partial charge is 0.335 e. The number of nitrogens with zero attached hydrogens (tertiary/aromatic N) is 1. The lowest BCUT2D eigenvalue weighted by atomic mass is 9.75. The van der Waals surface area contributed by atoms with Crippen LogP contribution >= 0.6 is 23.2 Å². The first-order chi connectivity index (χ1) is 11.9. The van der Waals surface area contributed by atoms with E-state index in [1.54, 1.807) is 0 Å². The summed E-state index contributed by atoms with van der Waals surface area (Å²) in [6.07, 6.45) is 3.93. The molecular weight excluding hydrogens is 355 g/mol. The van der Waals surface area contributed by atoms with Crippen molar-refractivity contribution < 1.29 is 4.79 Å². The maximum absolute atomic E-state index is 12.3. The van der Waals surface area contributed by atoms with Crippen LogP contribution in [0.2, 0.25) is 10.0 Å². The van der Waals surface area contributed by atoms with Gasteiger partial charge in [0.15, 0.2) is 0 Å². The molecule has 3 nitrogen and oxygen atoms in total. The molecule has 4 rings (SSSR count). The lowest BCUT2D eigenvalue weighted by Gasteiger charge is -2.40. The number of hydrogen-bond acceptors (Lipinski definition) is 2. The van der Waals surface area contributed by atoms with E-state index in [4.69, 9.17) is 23.2 Å². The minimum atomic E-state index is -0.643. The molecule has 0 spiro atoms. The molecule has 2 aromatic rings. The van der Waals surface area contributed by atoms with E-state index in [1.807, 2.05) is 42.5 Å². The third kappa shape index (κ3) is 2.22. The van der Waals surface area contributed by atoms with Crippen LogP contribution < -0.4 is 10.2 Å². The summed E-state index contributed by atoms with van der Waals surface area (Å²) >= 11 is 12.6. The highest BCUT2D eigenvalue weighted by Gasteiger charge is 2.59. The van der Waals surface area contributed by atoms with Gasteiger partial charge in [-0.2, -0.15) is 0 Å². The molecule has 0 unspecified atom stereocenters. The Balaban J connectivity index is 1.87. The smallest absolute Gasteiger partial charge is 0.241 e. The molecule has 1 N–H and O–H groups in total. The zero-order valence-corrected chi connectivity index (χ0v) is 15.5. The molecule has 25 heavy (non-hydrogen) atoms. The van der Waals surface area contributed by atoms with Crippen molar-refractivity contribution in [1.82, 2.24) is 5.32 Å². The first kappa shape index (κ1) is 16.5. The van der Waals surface area contributed by atoms with Gasteiger partial charge < -0.3 is 10.2 Å². The molecule has 5 heteroatoms. The van der Waals surface area contributed by atoms with Crippen LogP contribution in [-0.4, -0.2) is 18.1 Å². The molecule has 2 heterocycles. The Bertz CT molecular complexity index is 886. The highest BCUT2D eigenvalue weighted by atomic mass is 35.5. The summed E-state index contributed by atoms with van der Waals surface area (Å²) in [4.78, 5) is 14.4. The SMILES string of the molecule is CC1(C)c2ccccc2N2CC(=O)N[C@@]21/C=C/c1c(Cl)cccc1Cl. The van der Waals surface area contributed by atoms with Crippen molar-refractivity contribution in [2.24, 2.45) is 0 Å². The minimum absolute atomic E-state index is 0.0116. The van der Waals surface area contributed by atoms with Gasteiger partial charge in [0.2, 0.25) is 5.91 Å². The van der Waals surface area contributed by atoms with E-state index in [2.05, 4.69) is 36.2 Å². The Morgan fingerprint density at radius 3 is 2.48 bits per heavy atom. The molecule has 1 amide bonds. The summed E-state index contributed by atoms with van der Waals surface area (Å²) < 4.78 is 0. The average Bonchev–Trinajstić information content (AvgIpc) is 2.99. The number of fused-ring (bicyclic) bond motifs is 3. The number of halogens is 2. The quantitative estimate of drug-likeness (QED) is 0.833. The van der Waals surface area contributed by atoms with Crippen molar-refractivity contribution in [2.45, 2.75) is 24.9 Å². The summed E-state index contributed by atoms with van der Waals surface area (Å²) in [6.45, 7) is 4.63. The van der Waals surface area contributed by atoms with Gasteiger partial charge in [0, 0.05) is 26.7 Å². The van der Waals surface area contributed by atoms with Gasteiger partial charge >= 0.3 is 0 Å². The summed E-state index contributed by atoms with van der Waals surface area (Å²) in [5.74, 6) is 0.0116. The van der Waals surface area contributed by atoms with Gasteiger partial charge in [0.1, 0.15) is 5.66 Å². The van der Waals surface area contributed by atoms with Crippen molar-refractivity contribution in [2.75, 3.05) is 11.4 Å². The van der Waals surface area contributed by atoms with Crippen molar-refractivity contribution in [3.05, 3.63) is 69.7 Å². The molecule has 2 aliphatic heterocycles. The van der Waals surface area contributed by atoms with Crippen LogP contribution in [0.5, 0.6) is 0 Å². The molecule has 0 radical (unpaired) electrons. The lowest BCUT2D eigenvalue weighted by Crippen LogP contribution is -2.58. The van der Waals surface area contributed by atoms with Gasteiger partial charge in [-0.05, 0) is 29.8 Å². The molecule has 0 saturated carbocycles. The standard InChI is InChI=1S/C20H18Cl2N2O/c1-19(2)14-6-3-4-9-17(14)24-12-18(25)23-20(19,24)11-10-13-15(21)7-5-8-16(13)22/h3-11H,12H2,1-2H3,(H,23,25)/b11-10+/t20-/m0/s1. The monoisotopic (exact) mass is 372 g/mol. The molecule has 1 saturated heterocycles.